The van der Waals surface area contributed by atoms with E-state index in [4.69, 9.17) is 0 Å². The third-order valence-electron chi connectivity index (χ3n) is 4.54. The predicted octanol–water partition coefficient (Wildman–Crippen LogP) is 4.00. The van der Waals surface area contributed by atoms with Gasteiger partial charge in [0, 0.05) is 22.6 Å². The minimum absolute atomic E-state index is 0.0458. The second-order valence-electron chi connectivity index (χ2n) is 6.47. The molecule has 1 aliphatic carbocycles. The largest absolute Gasteiger partial charge is 0.302 e. The first-order chi connectivity index (χ1) is 12.1. The molecule has 128 valence electrons. The third kappa shape index (κ3) is 3.35. The van der Waals surface area contributed by atoms with Gasteiger partial charge in [-0.25, -0.2) is 9.67 Å². The fraction of sp³-hybridized carbons (Fsp3) is 0.316. The Morgan fingerprint density at radius 3 is 2.76 bits per heavy atom. The molecule has 0 unspecified atom stereocenters. The number of thiazole rings is 1. The van der Waals surface area contributed by atoms with E-state index < -0.39 is 0 Å². The highest BCUT2D eigenvalue weighted by Crippen LogP contribution is 2.40. The van der Waals surface area contributed by atoms with Crippen LogP contribution in [-0.4, -0.2) is 20.7 Å². The maximum Gasteiger partial charge on any atom is 0.230 e. The van der Waals surface area contributed by atoms with E-state index in [2.05, 4.69) is 20.8 Å². The van der Waals surface area contributed by atoms with Crippen molar-refractivity contribution in [3.05, 3.63) is 58.4 Å². The minimum atomic E-state index is -0.0458. The van der Waals surface area contributed by atoms with Crippen molar-refractivity contribution in [2.24, 2.45) is 0 Å². The van der Waals surface area contributed by atoms with Crippen molar-refractivity contribution < 1.29 is 4.79 Å². The fourth-order valence-electron chi connectivity index (χ4n) is 2.99. The van der Waals surface area contributed by atoms with Crippen molar-refractivity contribution >= 4 is 22.4 Å². The summed E-state index contributed by atoms with van der Waals surface area (Å²) in [5.74, 6) is 0.561. The summed E-state index contributed by atoms with van der Waals surface area (Å²) in [5, 5.41) is 10.3. The van der Waals surface area contributed by atoms with Gasteiger partial charge in [-0.1, -0.05) is 18.2 Å². The summed E-state index contributed by atoms with van der Waals surface area (Å²) >= 11 is 1.50. The van der Waals surface area contributed by atoms with Crippen LogP contribution in [0.25, 0.3) is 5.69 Å². The third-order valence-corrected chi connectivity index (χ3v) is 5.32. The molecule has 0 aliphatic heterocycles. The zero-order chi connectivity index (χ0) is 17.4. The highest BCUT2D eigenvalue weighted by molar-refractivity contribution is 7.13. The van der Waals surface area contributed by atoms with E-state index in [1.807, 2.05) is 48.9 Å². The molecule has 0 spiro atoms. The van der Waals surface area contributed by atoms with Crippen LogP contribution >= 0.6 is 11.3 Å². The highest BCUT2D eigenvalue weighted by Gasteiger charge is 2.26. The molecule has 1 fully saturated rings. The minimum Gasteiger partial charge on any atom is -0.302 e. The Bertz CT molecular complexity index is 909. The Morgan fingerprint density at radius 1 is 1.28 bits per heavy atom. The summed E-state index contributed by atoms with van der Waals surface area (Å²) in [6.07, 6.45) is 2.74. The summed E-state index contributed by atoms with van der Waals surface area (Å²) in [4.78, 5) is 17.0. The number of hydrogen-bond donors (Lipinski definition) is 1. The molecule has 1 amide bonds. The first-order valence-corrected chi connectivity index (χ1v) is 9.35. The molecule has 3 aromatic rings. The zero-order valence-corrected chi connectivity index (χ0v) is 15.1. The molecular weight excluding hydrogens is 332 g/mol. The van der Waals surface area contributed by atoms with Crippen LogP contribution in [-0.2, 0) is 11.2 Å². The van der Waals surface area contributed by atoms with Gasteiger partial charge in [0.25, 0.3) is 0 Å². The van der Waals surface area contributed by atoms with E-state index >= 15 is 0 Å². The average Bonchev–Trinajstić information content (AvgIpc) is 3.31. The van der Waals surface area contributed by atoms with Gasteiger partial charge in [0.1, 0.15) is 0 Å². The molecule has 2 aromatic heterocycles. The van der Waals surface area contributed by atoms with Gasteiger partial charge >= 0.3 is 0 Å². The summed E-state index contributed by atoms with van der Waals surface area (Å²) < 4.78 is 1.90. The number of rotatable bonds is 5. The first kappa shape index (κ1) is 16.0. The number of anilines is 1. The van der Waals surface area contributed by atoms with Crippen LogP contribution in [0.1, 0.15) is 41.4 Å². The Kier molecular flexibility index (Phi) is 4.13. The van der Waals surface area contributed by atoms with Crippen LogP contribution < -0.4 is 5.32 Å². The normalized spacial score (nSPS) is 13.8. The van der Waals surface area contributed by atoms with Gasteiger partial charge < -0.3 is 5.32 Å². The van der Waals surface area contributed by atoms with Gasteiger partial charge in [-0.15, -0.1) is 11.3 Å². The molecular formula is C19H20N4OS. The van der Waals surface area contributed by atoms with Gasteiger partial charge in [0.2, 0.25) is 5.91 Å². The lowest BCUT2D eigenvalue weighted by Gasteiger charge is -2.05. The van der Waals surface area contributed by atoms with Crippen LogP contribution in [0.5, 0.6) is 0 Å². The van der Waals surface area contributed by atoms with Crippen LogP contribution in [0.3, 0.4) is 0 Å². The van der Waals surface area contributed by atoms with Crippen LogP contribution in [0, 0.1) is 13.8 Å². The zero-order valence-electron chi connectivity index (χ0n) is 14.3. The van der Waals surface area contributed by atoms with Crippen molar-refractivity contribution in [1.29, 1.82) is 0 Å². The Labute approximate surface area is 150 Å². The Balaban J connectivity index is 1.50. The Morgan fingerprint density at radius 2 is 2.04 bits per heavy atom. The molecule has 1 aliphatic rings. The maximum absolute atomic E-state index is 12.4. The number of hydrogen-bond acceptors (Lipinski definition) is 4. The molecule has 0 saturated heterocycles. The second-order valence-corrected chi connectivity index (χ2v) is 7.33. The number of para-hydroxylation sites is 1. The monoisotopic (exact) mass is 352 g/mol. The van der Waals surface area contributed by atoms with Gasteiger partial charge in [-0.3, -0.25) is 4.79 Å². The molecule has 25 heavy (non-hydrogen) atoms. The summed E-state index contributed by atoms with van der Waals surface area (Å²) in [7, 11) is 0. The van der Waals surface area contributed by atoms with Crippen LogP contribution in [0.2, 0.25) is 0 Å². The lowest BCUT2D eigenvalue weighted by molar-refractivity contribution is -0.115. The quantitative estimate of drug-likeness (QED) is 0.755. The van der Waals surface area contributed by atoms with E-state index in [1.54, 1.807) is 0 Å². The van der Waals surface area contributed by atoms with E-state index in [9.17, 15) is 4.79 Å². The number of aromatic nitrogens is 3. The summed E-state index contributed by atoms with van der Waals surface area (Å²) in [6.45, 7) is 3.95. The molecule has 1 saturated carbocycles. The van der Waals surface area contributed by atoms with Crippen molar-refractivity contribution in [2.75, 3.05) is 5.32 Å². The number of benzene rings is 1. The van der Waals surface area contributed by atoms with E-state index in [0.29, 0.717) is 17.5 Å². The number of carbonyl (C=O) groups is 1. The second kappa shape index (κ2) is 6.44. The average molecular weight is 352 g/mol. The molecule has 4 rings (SSSR count). The Hall–Kier alpha value is -2.47. The smallest absolute Gasteiger partial charge is 0.230 e. The van der Waals surface area contributed by atoms with Crippen molar-refractivity contribution in [3.63, 3.8) is 0 Å². The van der Waals surface area contributed by atoms with Gasteiger partial charge in [0.05, 0.1) is 23.5 Å². The van der Waals surface area contributed by atoms with Gasteiger partial charge in [0.15, 0.2) is 5.13 Å². The highest BCUT2D eigenvalue weighted by atomic mass is 32.1. The van der Waals surface area contributed by atoms with Crippen molar-refractivity contribution in [2.45, 2.75) is 39.0 Å². The standard InChI is InChI=1S/C19H20N4OS/c1-12-16(13(2)23(22-12)15-6-4-3-5-7-15)10-18(24)21-19-20-17(11-25-19)14-8-9-14/h3-7,11,14H,8-10H2,1-2H3,(H,20,21,24). The molecule has 1 N–H and O–H groups in total. The van der Waals surface area contributed by atoms with E-state index in [-0.39, 0.29) is 5.91 Å². The molecule has 0 radical (unpaired) electrons. The molecule has 0 atom stereocenters. The van der Waals surface area contributed by atoms with Gasteiger partial charge in [-0.05, 0) is 38.8 Å². The van der Waals surface area contributed by atoms with E-state index in [1.165, 1.54) is 24.2 Å². The SMILES string of the molecule is Cc1nn(-c2ccccc2)c(C)c1CC(=O)Nc1nc(C2CC2)cs1. The molecule has 5 nitrogen and oxygen atoms in total. The van der Waals surface area contributed by atoms with Crippen molar-refractivity contribution in [3.8, 4) is 5.69 Å². The lowest BCUT2D eigenvalue weighted by atomic mass is 10.1. The van der Waals surface area contributed by atoms with Crippen LogP contribution in [0.4, 0.5) is 5.13 Å². The summed E-state index contributed by atoms with van der Waals surface area (Å²) in [6, 6.07) is 9.97. The number of amides is 1. The molecule has 2 heterocycles. The van der Waals surface area contributed by atoms with E-state index in [0.717, 1.165) is 28.3 Å². The number of nitrogens with zero attached hydrogens (tertiary/aromatic N) is 3. The fourth-order valence-corrected chi connectivity index (χ4v) is 3.79. The summed E-state index contributed by atoms with van der Waals surface area (Å²) in [5.41, 5.74) is 4.97. The molecule has 1 aromatic carbocycles. The lowest BCUT2D eigenvalue weighted by Crippen LogP contribution is -2.15. The first-order valence-electron chi connectivity index (χ1n) is 8.47. The van der Waals surface area contributed by atoms with Crippen LogP contribution in [0.15, 0.2) is 35.7 Å². The number of carbonyl (C=O) groups excluding carboxylic acids is 1. The van der Waals surface area contributed by atoms with Gasteiger partial charge in [-0.2, -0.15) is 5.10 Å². The number of nitrogens with one attached hydrogen (secondary N) is 1. The predicted molar refractivity (Wildman–Crippen MR) is 99.5 cm³/mol. The number of aryl methyl sites for hydroxylation is 1. The van der Waals surface area contributed by atoms with Crippen molar-refractivity contribution in [1.82, 2.24) is 14.8 Å². The molecule has 6 heteroatoms. The molecule has 0 bridgehead atoms. The topological polar surface area (TPSA) is 59.8 Å². The maximum atomic E-state index is 12.4.